The van der Waals surface area contributed by atoms with Crippen molar-refractivity contribution in [2.45, 2.75) is 37.6 Å². The van der Waals surface area contributed by atoms with Crippen LogP contribution in [0.2, 0.25) is 0 Å². The number of nitrogens with one attached hydrogen (secondary N) is 2. The van der Waals surface area contributed by atoms with Crippen LogP contribution in [-0.2, 0) is 4.79 Å². The molecule has 158 valence electrons. The Morgan fingerprint density at radius 3 is 2.50 bits per heavy atom. The molecule has 2 aromatic rings. The first-order valence-corrected chi connectivity index (χ1v) is 11.1. The van der Waals surface area contributed by atoms with Crippen LogP contribution in [0.3, 0.4) is 0 Å². The topological polar surface area (TPSA) is 78.5 Å². The lowest BCUT2D eigenvalue weighted by molar-refractivity contribution is -0.119. The zero-order chi connectivity index (χ0) is 21.5. The normalized spacial score (nSPS) is 13.4. The molecule has 1 fully saturated rings. The molecule has 1 aliphatic rings. The molecule has 1 heterocycles. The molecule has 2 aromatic carbocycles. The van der Waals surface area contributed by atoms with Gasteiger partial charge >= 0.3 is 0 Å². The first-order chi connectivity index (χ1) is 14.4. The van der Waals surface area contributed by atoms with Crippen LogP contribution in [0.1, 0.15) is 47.4 Å². The van der Waals surface area contributed by atoms with Gasteiger partial charge in [-0.05, 0) is 57.0 Å². The predicted molar refractivity (Wildman–Crippen MR) is 120 cm³/mol. The molecule has 1 aliphatic heterocycles. The Kier molecular flexibility index (Phi) is 7.52. The summed E-state index contributed by atoms with van der Waals surface area (Å²) < 4.78 is 0. The van der Waals surface area contributed by atoms with Crippen LogP contribution in [-0.4, -0.2) is 47.5 Å². The second kappa shape index (κ2) is 10.3. The van der Waals surface area contributed by atoms with Crippen LogP contribution < -0.4 is 10.6 Å². The van der Waals surface area contributed by atoms with Crippen molar-refractivity contribution in [2.24, 2.45) is 0 Å². The Balaban J connectivity index is 1.68. The van der Waals surface area contributed by atoms with Crippen molar-refractivity contribution in [2.75, 3.05) is 24.2 Å². The quantitative estimate of drug-likeness (QED) is 0.662. The van der Waals surface area contributed by atoms with E-state index in [0.717, 1.165) is 30.8 Å². The summed E-state index contributed by atoms with van der Waals surface area (Å²) in [6.45, 7) is 5.38. The second-order valence-corrected chi connectivity index (χ2v) is 8.56. The van der Waals surface area contributed by atoms with E-state index < -0.39 is 0 Å². The average Bonchev–Trinajstić information content (AvgIpc) is 3.26. The van der Waals surface area contributed by atoms with Crippen LogP contribution in [0.4, 0.5) is 5.69 Å². The van der Waals surface area contributed by atoms with Gasteiger partial charge in [0.15, 0.2) is 0 Å². The van der Waals surface area contributed by atoms with Gasteiger partial charge in [-0.25, -0.2) is 0 Å². The monoisotopic (exact) mass is 425 g/mol. The minimum Gasteiger partial charge on any atom is -0.353 e. The summed E-state index contributed by atoms with van der Waals surface area (Å²) in [4.78, 5) is 40.0. The zero-order valence-electron chi connectivity index (χ0n) is 17.3. The summed E-state index contributed by atoms with van der Waals surface area (Å²) in [6, 6.07) is 14.3. The highest BCUT2D eigenvalue weighted by molar-refractivity contribution is 8.00. The predicted octanol–water partition coefficient (Wildman–Crippen LogP) is 3.79. The van der Waals surface area contributed by atoms with Crippen molar-refractivity contribution < 1.29 is 14.4 Å². The lowest BCUT2D eigenvalue weighted by Gasteiger charge is -2.16. The molecule has 30 heavy (non-hydrogen) atoms. The van der Waals surface area contributed by atoms with Crippen LogP contribution in [0.5, 0.6) is 0 Å². The third-order valence-electron chi connectivity index (χ3n) is 4.70. The number of amides is 3. The summed E-state index contributed by atoms with van der Waals surface area (Å²) >= 11 is 1.33. The molecule has 0 bridgehead atoms. The summed E-state index contributed by atoms with van der Waals surface area (Å²) in [5.41, 5.74) is 1.64. The fraction of sp³-hybridized carbons (Fsp3) is 0.348. The van der Waals surface area contributed by atoms with Gasteiger partial charge in [0.25, 0.3) is 11.8 Å². The molecule has 3 amide bonds. The summed E-state index contributed by atoms with van der Waals surface area (Å²) in [7, 11) is 0. The van der Waals surface area contributed by atoms with E-state index >= 15 is 0 Å². The van der Waals surface area contributed by atoms with Gasteiger partial charge in [-0.15, -0.1) is 11.8 Å². The van der Waals surface area contributed by atoms with Crippen LogP contribution in [0, 0.1) is 0 Å². The molecule has 0 saturated carbocycles. The van der Waals surface area contributed by atoms with E-state index in [2.05, 4.69) is 10.6 Å². The van der Waals surface area contributed by atoms with Crippen molar-refractivity contribution >= 4 is 35.2 Å². The maximum Gasteiger partial charge on any atom is 0.256 e. The molecule has 0 aromatic heterocycles. The van der Waals surface area contributed by atoms with E-state index in [1.165, 1.54) is 11.8 Å². The molecular weight excluding hydrogens is 398 g/mol. The number of rotatable bonds is 7. The van der Waals surface area contributed by atoms with E-state index in [4.69, 9.17) is 0 Å². The van der Waals surface area contributed by atoms with E-state index in [1.807, 2.05) is 30.9 Å². The number of benzene rings is 2. The summed E-state index contributed by atoms with van der Waals surface area (Å²) in [5.74, 6) is -0.107. The van der Waals surface area contributed by atoms with Crippen LogP contribution in [0.25, 0.3) is 0 Å². The Morgan fingerprint density at radius 1 is 1.03 bits per heavy atom. The SMILES string of the molecule is CC(C)NC(=O)CSc1ccccc1C(=O)Nc1cccc(C(=O)N2CCCC2)c1. The Labute approximate surface area is 181 Å². The molecular formula is C23H27N3O3S. The number of hydrogen-bond acceptors (Lipinski definition) is 4. The lowest BCUT2D eigenvalue weighted by atomic mass is 10.1. The number of carbonyl (C=O) groups is 3. The van der Waals surface area contributed by atoms with Crippen LogP contribution >= 0.6 is 11.8 Å². The van der Waals surface area contributed by atoms with Crippen molar-refractivity contribution in [1.29, 1.82) is 0 Å². The van der Waals surface area contributed by atoms with Gasteiger partial charge in [0.2, 0.25) is 5.91 Å². The van der Waals surface area contributed by atoms with E-state index in [9.17, 15) is 14.4 Å². The molecule has 1 saturated heterocycles. The Hall–Kier alpha value is -2.80. The number of hydrogen-bond donors (Lipinski definition) is 2. The van der Waals surface area contributed by atoms with Gasteiger partial charge in [0, 0.05) is 35.3 Å². The Morgan fingerprint density at radius 2 is 1.77 bits per heavy atom. The average molecular weight is 426 g/mol. The minimum absolute atomic E-state index is 0.00396. The van der Waals surface area contributed by atoms with Crippen molar-refractivity contribution in [3.8, 4) is 0 Å². The molecule has 0 unspecified atom stereocenters. The zero-order valence-corrected chi connectivity index (χ0v) is 18.1. The van der Waals surface area contributed by atoms with Crippen molar-refractivity contribution in [3.05, 3.63) is 59.7 Å². The molecule has 0 spiro atoms. The molecule has 2 N–H and O–H groups in total. The molecule has 3 rings (SSSR count). The number of thioether (sulfide) groups is 1. The fourth-order valence-electron chi connectivity index (χ4n) is 3.32. The largest absolute Gasteiger partial charge is 0.353 e. The minimum atomic E-state index is -0.270. The van der Waals surface area contributed by atoms with Gasteiger partial charge in [-0.1, -0.05) is 18.2 Å². The maximum absolute atomic E-state index is 12.9. The standard InChI is InChI=1S/C23H27N3O3S/c1-16(2)24-21(27)15-30-20-11-4-3-10-19(20)22(28)25-18-9-7-8-17(14-18)23(29)26-12-5-6-13-26/h3-4,7-11,14,16H,5-6,12-13,15H2,1-2H3,(H,24,27)(H,25,28). The second-order valence-electron chi connectivity index (χ2n) is 7.54. The first kappa shape index (κ1) is 21.9. The summed E-state index contributed by atoms with van der Waals surface area (Å²) in [6.07, 6.45) is 2.07. The number of anilines is 1. The Bertz CT molecular complexity index is 923. The van der Waals surface area contributed by atoms with Crippen LogP contribution in [0.15, 0.2) is 53.4 Å². The van der Waals surface area contributed by atoms with Gasteiger partial charge in [-0.3, -0.25) is 14.4 Å². The van der Waals surface area contributed by atoms with Gasteiger partial charge in [0.05, 0.1) is 11.3 Å². The highest BCUT2D eigenvalue weighted by Crippen LogP contribution is 2.24. The molecule has 0 radical (unpaired) electrons. The highest BCUT2D eigenvalue weighted by Gasteiger charge is 2.20. The first-order valence-electron chi connectivity index (χ1n) is 10.2. The van der Waals surface area contributed by atoms with Crippen molar-refractivity contribution in [1.82, 2.24) is 10.2 Å². The number of likely N-dealkylation sites (tertiary alicyclic amines) is 1. The number of carbonyl (C=O) groups excluding carboxylic acids is 3. The highest BCUT2D eigenvalue weighted by atomic mass is 32.2. The maximum atomic E-state index is 12.9. The summed E-state index contributed by atoms with van der Waals surface area (Å²) in [5, 5.41) is 5.73. The van der Waals surface area contributed by atoms with E-state index in [1.54, 1.807) is 36.4 Å². The third kappa shape index (κ3) is 5.86. The fourth-order valence-corrected chi connectivity index (χ4v) is 4.18. The smallest absolute Gasteiger partial charge is 0.256 e. The molecule has 0 aliphatic carbocycles. The molecule has 0 atom stereocenters. The third-order valence-corrected chi connectivity index (χ3v) is 5.77. The molecule has 7 heteroatoms. The number of nitrogens with zero attached hydrogens (tertiary/aromatic N) is 1. The van der Waals surface area contributed by atoms with Gasteiger partial charge < -0.3 is 15.5 Å². The molecule has 6 nitrogen and oxygen atoms in total. The van der Waals surface area contributed by atoms with E-state index in [-0.39, 0.29) is 29.5 Å². The van der Waals surface area contributed by atoms with Gasteiger partial charge in [0.1, 0.15) is 0 Å². The van der Waals surface area contributed by atoms with Crippen molar-refractivity contribution in [3.63, 3.8) is 0 Å². The van der Waals surface area contributed by atoms with Gasteiger partial charge in [-0.2, -0.15) is 0 Å². The lowest BCUT2D eigenvalue weighted by Crippen LogP contribution is -2.31. The van der Waals surface area contributed by atoms with E-state index in [0.29, 0.717) is 16.8 Å².